The SMILES string of the molecule is Oc1ccc(SC2CC2)c2ccccc12. The van der Waals surface area contributed by atoms with E-state index in [-0.39, 0.29) is 0 Å². The molecular formula is C13H12OS. The zero-order valence-corrected chi connectivity index (χ0v) is 9.13. The third-order valence-corrected chi connectivity index (χ3v) is 4.09. The number of phenolic OH excluding ortho intramolecular Hbond substituents is 1. The number of phenols is 1. The molecule has 0 atom stereocenters. The van der Waals surface area contributed by atoms with E-state index in [1.807, 2.05) is 36.0 Å². The highest BCUT2D eigenvalue weighted by atomic mass is 32.2. The number of hydrogen-bond acceptors (Lipinski definition) is 2. The molecule has 1 aliphatic carbocycles. The molecule has 1 N–H and O–H groups in total. The van der Waals surface area contributed by atoms with Gasteiger partial charge in [-0.1, -0.05) is 24.3 Å². The molecule has 0 heterocycles. The Hall–Kier alpha value is -1.15. The molecule has 76 valence electrons. The molecule has 3 rings (SSSR count). The fraction of sp³-hybridized carbons (Fsp3) is 0.231. The second-order valence-corrected chi connectivity index (χ2v) is 5.29. The van der Waals surface area contributed by atoms with Gasteiger partial charge in [-0.25, -0.2) is 0 Å². The van der Waals surface area contributed by atoms with Gasteiger partial charge in [0.2, 0.25) is 0 Å². The Bertz CT molecular complexity index is 503. The van der Waals surface area contributed by atoms with Crippen molar-refractivity contribution in [2.45, 2.75) is 23.0 Å². The maximum Gasteiger partial charge on any atom is 0.123 e. The second kappa shape index (κ2) is 3.46. The zero-order valence-electron chi connectivity index (χ0n) is 8.31. The van der Waals surface area contributed by atoms with Gasteiger partial charge in [0.25, 0.3) is 0 Å². The molecule has 0 aliphatic heterocycles. The van der Waals surface area contributed by atoms with Crippen LogP contribution >= 0.6 is 11.8 Å². The number of rotatable bonds is 2. The normalized spacial score (nSPS) is 15.7. The van der Waals surface area contributed by atoms with Gasteiger partial charge in [-0.15, -0.1) is 11.8 Å². The van der Waals surface area contributed by atoms with Gasteiger partial charge in [-0.3, -0.25) is 0 Å². The molecule has 2 heteroatoms. The highest BCUT2D eigenvalue weighted by molar-refractivity contribution is 8.00. The van der Waals surface area contributed by atoms with Gasteiger partial charge in [-0.05, 0) is 30.4 Å². The summed E-state index contributed by atoms with van der Waals surface area (Å²) < 4.78 is 0. The first-order valence-corrected chi connectivity index (χ1v) is 6.10. The van der Waals surface area contributed by atoms with Crippen LogP contribution in [0.5, 0.6) is 5.75 Å². The average Bonchev–Trinajstić information content (AvgIpc) is 3.07. The van der Waals surface area contributed by atoms with Crippen LogP contribution in [0.1, 0.15) is 12.8 Å². The van der Waals surface area contributed by atoms with E-state index in [1.54, 1.807) is 6.07 Å². The van der Waals surface area contributed by atoms with Crippen LogP contribution in [0.25, 0.3) is 10.8 Å². The molecule has 1 fully saturated rings. The van der Waals surface area contributed by atoms with Gasteiger partial charge in [0.15, 0.2) is 0 Å². The molecule has 0 spiro atoms. The molecule has 2 aromatic rings. The van der Waals surface area contributed by atoms with E-state index in [2.05, 4.69) is 6.07 Å². The van der Waals surface area contributed by atoms with Crippen LogP contribution in [-0.4, -0.2) is 10.4 Å². The van der Waals surface area contributed by atoms with E-state index in [9.17, 15) is 5.11 Å². The zero-order chi connectivity index (χ0) is 10.3. The molecule has 0 bridgehead atoms. The highest BCUT2D eigenvalue weighted by Crippen LogP contribution is 2.43. The summed E-state index contributed by atoms with van der Waals surface area (Å²) in [4.78, 5) is 1.30. The monoisotopic (exact) mass is 216 g/mol. The van der Waals surface area contributed by atoms with E-state index in [4.69, 9.17) is 0 Å². The Balaban J connectivity index is 2.16. The number of aromatic hydroxyl groups is 1. The summed E-state index contributed by atoms with van der Waals surface area (Å²) in [6, 6.07) is 11.9. The molecule has 2 aromatic carbocycles. The van der Waals surface area contributed by atoms with E-state index >= 15 is 0 Å². The predicted octanol–water partition coefficient (Wildman–Crippen LogP) is 3.80. The maximum atomic E-state index is 9.74. The van der Waals surface area contributed by atoms with E-state index in [0.717, 1.165) is 10.6 Å². The van der Waals surface area contributed by atoms with Crippen molar-refractivity contribution in [1.82, 2.24) is 0 Å². The van der Waals surface area contributed by atoms with Crippen LogP contribution in [0, 0.1) is 0 Å². The van der Waals surface area contributed by atoms with Gasteiger partial charge >= 0.3 is 0 Å². The molecule has 0 amide bonds. The summed E-state index contributed by atoms with van der Waals surface area (Å²) in [5.74, 6) is 0.380. The van der Waals surface area contributed by atoms with E-state index in [1.165, 1.54) is 23.1 Å². The lowest BCUT2D eigenvalue weighted by atomic mass is 10.1. The van der Waals surface area contributed by atoms with Gasteiger partial charge in [0, 0.05) is 15.5 Å². The molecule has 0 saturated heterocycles. The molecular weight excluding hydrogens is 204 g/mol. The van der Waals surface area contributed by atoms with Crippen molar-refractivity contribution in [2.75, 3.05) is 0 Å². The molecule has 1 saturated carbocycles. The molecule has 15 heavy (non-hydrogen) atoms. The highest BCUT2D eigenvalue weighted by Gasteiger charge is 2.23. The Morgan fingerprint density at radius 3 is 2.47 bits per heavy atom. The summed E-state index contributed by atoms with van der Waals surface area (Å²) in [5.41, 5.74) is 0. The smallest absolute Gasteiger partial charge is 0.123 e. The topological polar surface area (TPSA) is 20.2 Å². The summed E-state index contributed by atoms with van der Waals surface area (Å²) in [5, 5.41) is 12.7. The van der Waals surface area contributed by atoms with Crippen molar-refractivity contribution in [3.63, 3.8) is 0 Å². The van der Waals surface area contributed by atoms with Crippen LogP contribution in [0.2, 0.25) is 0 Å². The molecule has 0 aromatic heterocycles. The third-order valence-electron chi connectivity index (χ3n) is 2.68. The van der Waals surface area contributed by atoms with Crippen LogP contribution < -0.4 is 0 Å². The van der Waals surface area contributed by atoms with Crippen LogP contribution in [0.4, 0.5) is 0 Å². The third kappa shape index (κ3) is 1.70. The average molecular weight is 216 g/mol. The summed E-state index contributed by atoms with van der Waals surface area (Å²) in [6.45, 7) is 0. The quantitative estimate of drug-likeness (QED) is 0.824. The number of thioether (sulfide) groups is 1. The summed E-state index contributed by atoms with van der Waals surface area (Å²) in [6.07, 6.45) is 2.67. The molecule has 1 aliphatic rings. The Labute approximate surface area is 93.1 Å². The first-order valence-electron chi connectivity index (χ1n) is 5.22. The van der Waals surface area contributed by atoms with Crippen molar-refractivity contribution >= 4 is 22.5 Å². The van der Waals surface area contributed by atoms with Crippen LogP contribution in [-0.2, 0) is 0 Å². The van der Waals surface area contributed by atoms with Crippen molar-refractivity contribution in [3.8, 4) is 5.75 Å². The fourth-order valence-electron chi connectivity index (χ4n) is 1.72. The van der Waals surface area contributed by atoms with Crippen molar-refractivity contribution in [3.05, 3.63) is 36.4 Å². The van der Waals surface area contributed by atoms with Crippen molar-refractivity contribution in [1.29, 1.82) is 0 Å². The second-order valence-electron chi connectivity index (χ2n) is 3.95. The number of hydrogen-bond donors (Lipinski definition) is 1. The largest absolute Gasteiger partial charge is 0.507 e. The summed E-state index contributed by atoms with van der Waals surface area (Å²) in [7, 11) is 0. The molecule has 0 radical (unpaired) electrons. The van der Waals surface area contributed by atoms with Crippen molar-refractivity contribution < 1.29 is 5.11 Å². The molecule has 0 unspecified atom stereocenters. The minimum atomic E-state index is 0.380. The van der Waals surface area contributed by atoms with E-state index < -0.39 is 0 Å². The van der Waals surface area contributed by atoms with Gasteiger partial charge < -0.3 is 5.11 Å². The van der Waals surface area contributed by atoms with Gasteiger partial charge in [0.05, 0.1) is 0 Å². The standard InChI is InChI=1S/C13H12OS/c14-12-7-8-13(15-9-5-6-9)11-4-2-1-3-10(11)12/h1-4,7-9,14H,5-6H2. The van der Waals surface area contributed by atoms with Gasteiger partial charge in [-0.2, -0.15) is 0 Å². The predicted molar refractivity (Wildman–Crippen MR) is 64.5 cm³/mol. The number of fused-ring (bicyclic) bond motifs is 1. The fourth-order valence-corrected chi connectivity index (χ4v) is 2.91. The first kappa shape index (κ1) is 9.10. The van der Waals surface area contributed by atoms with Crippen molar-refractivity contribution in [2.24, 2.45) is 0 Å². The lowest BCUT2D eigenvalue weighted by Crippen LogP contribution is -1.80. The van der Waals surface area contributed by atoms with Crippen LogP contribution in [0.3, 0.4) is 0 Å². The Morgan fingerprint density at radius 1 is 1.00 bits per heavy atom. The minimum absolute atomic E-state index is 0.380. The molecule has 1 nitrogen and oxygen atoms in total. The van der Waals surface area contributed by atoms with Crippen LogP contribution in [0.15, 0.2) is 41.3 Å². The minimum Gasteiger partial charge on any atom is -0.507 e. The summed E-state index contributed by atoms with van der Waals surface area (Å²) >= 11 is 1.94. The first-order chi connectivity index (χ1) is 7.34. The Kier molecular flexibility index (Phi) is 2.10. The number of benzene rings is 2. The van der Waals surface area contributed by atoms with E-state index in [0.29, 0.717) is 5.75 Å². The lowest BCUT2D eigenvalue weighted by Gasteiger charge is -2.06. The maximum absolute atomic E-state index is 9.74. The van der Waals surface area contributed by atoms with Gasteiger partial charge in [0.1, 0.15) is 5.75 Å². The lowest BCUT2D eigenvalue weighted by molar-refractivity contribution is 0.481. The Morgan fingerprint density at radius 2 is 1.73 bits per heavy atom.